The van der Waals surface area contributed by atoms with Crippen LogP contribution < -0.4 is 9.21 Å². The number of likely N-dealkylation sites (N-methyl/N-ethyl adjacent to an activating group) is 1. The Labute approximate surface area is 160 Å². The van der Waals surface area contributed by atoms with E-state index >= 15 is 0 Å². The smallest absolute Gasteiger partial charge is 0.247 e. The molecule has 0 aliphatic heterocycles. The Morgan fingerprint density at radius 3 is 2.23 bits per heavy atom. The van der Waals surface area contributed by atoms with Crippen molar-refractivity contribution in [1.82, 2.24) is 0 Å². The average molecular weight is 395 g/mol. The lowest BCUT2D eigenvalue weighted by atomic mass is 10.1. The molecule has 0 saturated carbocycles. The summed E-state index contributed by atoms with van der Waals surface area (Å²) >= 11 is 6.32. The lowest BCUT2D eigenvalue weighted by Gasteiger charge is -2.28. The summed E-state index contributed by atoms with van der Waals surface area (Å²) in [7, 11) is -3.69. The second-order valence-corrected chi connectivity index (χ2v) is 8.47. The molecule has 0 aromatic heterocycles. The van der Waals surface area contributed by atoms with Crippen molar-refractivity contribution in [3.05, 3.63) is 58.6 Å². The topological polar surface area (TPSA) is 57.7 Å². The van der Waals surface area contributed by atoms with Crippen molar-refractivity contribution in [1.29, 1.82) is 0 Å². The molecule has 2 aromatic rings. The molecule has 0 N–H and O–H groups in total. The SMILES string of the molecule is CCN(C(=O)CN(c1c(C)cc(C)cc1Cl)S(C)(=O)=O)c1ccccc1. The van der Waals surface area contributed by atoms with Crippen LogP contribution in [0.2, 0.25) is 5.02 Å². The fraction of sp³-hybridized carbons (Fsp3) is 0.316. The molecule has 0 atom stereocenters. The highest BCUT2D eigenvalue weighted by Crippen LogP contribution is 2.32. The van der Waals surface area contributed by atoms with E-state index in [1.807, 2.05) is 50.2 Å². The van der Waals surface area contributed by atoms with Crippen LogP contribution in [-0.2, 0) is 14.8 Å². The molecule has 0 heterocycles. The number of para-hydroxylation sites is 1. The molecule has 140 valence electrons. The molecule has 2 rings (SSSR count). The molecular formula is C19H23ClN2O3S. The molecule has 0 spiro atoms. The number of amides is 1. The van der Waals surface area contributed by atoms with Crippen LogP contribution in [0.25, 0.3) is 0 Å². The number of anilines is 2. The van der Waals surface area contributed by atoms with Gasteiger partial charge in [-0.3, -0.25) is 9.10 Å². The maximum atomic E-state index is 12.9. The number of hydrogen-bond donors (Lipinski definition) is 0. The molecule has 1 amide bonds. The summed E-state index contributed by atoms with van der Waals surface area (Å²) < 4.78 is 25.9. The molecule has 0 bridgehead atoms. The van der Waals surface area contributed by atoms with E-state index in [9.17, 15) is 13.2 Å². The van der Waals surface area contributed by atoms with Crippen molar-refractivity contribution in [2.45, 2.75) is 20.8 Å². The van der Waals surface area contributed by atoms with Gasteiger partial charge in [0.2, 0.25) is 15.9 Å². The third-order valence-corrected chi connectivity index (χ3v) is 5.41. The number of halogens is 1. The molecule has 2 aromatic carbocycles. The van der Waals surface area contributed by atoms with E-state index in [0.29, 0.717) is 22.8 Å². The standard InChI is InChI=1S/C19H23ClN2O3S/c1-5-21(16-9-7-6-8-10-16)18(23)13-22(26(4,24)25)19-15(3)11-14(2)12-17(19)20/h6-12H,5,13H2,1-4H3. The average Bonchev–Trinajstić information content (AvgIpc) is 2.54. The van der Waals surface area contributed by atoms with E-state index in [4.69, 9.17) is 11.6 Å². The summed E-state index contributed by atoms with van der Waals surface area (Å²) in [6.45, 7) is 5.63. The van der Waals surface area contributed by atoms with Gasteiger partial charge in [-0.2, -0.15) is 0 Å². The van der Waals surface area contributed by atoms with Gasteiger partial charge in [0, 0.05) is 12.2 Å². The molecule has 0 saturated heterocycles. The maximum Gasteiger partial charge on any atom is 0.247 e. The van der Waals surface area contributed by atoms with E-state index < -0.39 is 10.0 Å². The number of carbonyl (C=O) groups excluding carboxylic acids is 1. The first-order valence-electron chi connectivity index (χ1n) is 8.25. The molecule has 0 radical (unpaired) electrons. The minimum Gasteiger partial charge on any atom is -0.311 e. The maximum absolute atomic E-state index is 12.9. The summed E-state index contributed by atoms with van der Waals surface area (Å²) in [6, 6.07) is 12.7. The van der Waals surface area contributed by atoms with Crippen LogP contribution in [0, 0.1) is 13.8 Å². The molecule has 5 nitrogen and oxygen atoms in total. The van der Waals surface area contributed by atoms with Gasteiger partial charge in [0.15, 0.2) is 0 Å². The number of carbonyl (C=O) groups is 1. The van der Waals surface area contributed by atoms with Gasteiger partial charge in [-0.25, -0.2) is 8.42 Å². The fourth-order valence-corrected chi connectivity index (χ4v) is 4.30. The third-order valence-electron chi connectivity index (χ3n) is 4.01. The van der Waals surface area contributed by atoms with Gasteiger partial charge < -0.3 is 4.90 Å². The van der Waals surface area contributed by atoms with Crippen molar-refractivity contribution in [2.75, 3.05) is 28.6 Å². The van der Waals surface area contributed by atoms with Crippen LogP contribution in [0.4, 0.5) is 11.4 Å². The van der Waals surface area contributed by atoms with E-state index in [-0.39, 0.29) is 12.5 Å². The Morgan fingerprint density at radius 1 is 1.12 bits per heavy atom. The molecule has 0 unspecified atom stereocenters. The van der Waals surface area contributed by atoms with Crippen LogP contribution in [0.3, 0.4) is 0 Å². The van der Waals surface area contributed by atoms with Crippen molar-refractivity contribution < 1.29 is 13.2 Å². The second-order valence-electron chi connectivity index (χ2n) is 6.16. The first-order valence-corrected chi connectivity index (χ1v) is 10.5. The Bertz CT molecular complexity index is 875. The van der Waals surface area contributed by atoms with Crippen LogP contribution in [0.5, 0.6) is 0 Å². The number of aryl methyl sites for hydroxylation is 2. The van der Waals surface area contributed by atoms with Crippen LogP contribution in [0.15, 0.2) is 42.5 Å². The van der Waals surface area contributed by atoms with E-state index in [1.54, 1.807) is 17.9 Å². The molecule has 26 heavy (non-hydrogen) atoms. The number of hydrogen-bond acceptors (Lipinski definition) is 3. The zero-order chi connectivity index (χ0) is 19.5. The summed E-state index contributed by atoms with van der Waals surface area (Å²) in [6.07, 6.45) is 1.08. The molecule has 0 fully saturated rings. The molecule has 7 heteroatoms. The summed E-state index contributed by atoms with van der Waals surface area (Å²) in [5.74, 6) is -0.319. The third kappa shape index (κ3) is 4.56. The lowest BCUT2D eigenvalue weighted by Crippen LogP contribution is -2.43. The van der Waals surface area contributed by atoms with E-state index in [2.05, 4.69) is 0 Å². The quantitative estimate of drug-likeness (QED) is 0.749. The lowest BCUT2D eigenvalue weighted by molar-refractivity contribution is -0.117. The van der Waals surface area contributed by atoms with E-state index in [0.717, 1.165) is 21.8 Å². The molecule has 0 aliphatic rings. The minimum absolute atomic E-state index is 0.309. The van der Waals surface area contributed by atoms with Gasteiger partial charge >= 0.3 is 0 Å². The predicted octanol–water partition coefficient (Wildman–Crippen LogP) is 3.78. The van der Waals surface area contributed by atoms with Crippen LogP contribution >= 0.6 is 11.6 Å². The number of rotatable bonds is 6. The van der Waals surface area contributed by atoms with Crippen molar-refractivity contribution >= 4 is 38.9 Å². The summed E-state index contributed by atoms with van der Waals surface area (Å²) in [5.41, 5.74) is 2.70. The number of nitrogens with zero attached hydrogens (tertiary/aromatic N) is 2. The Hall–Kier alpha value is -2.05. The van der Waals surface area contributed by atoms with Gasteiger partial charge in [0.25, 0.3) is 0 Å². The Kier molecular flexibility index (Phi) is 6.31. The van der Waals surface area contributed by atoms with Crippen LogP contribution in [0.1, 0.15) is 18.1 Å². The summed E-state index contributed by atoms with van der Waals surface area (Å²) in [4.78, 5) is 14.4. The zero-order valence-electron chi connectivity index (χ0n) is 15.4. The zero-order valence-corrected chi connectivity index (χ0v) is 16.9. The summed E-state index contributed by atoms with van der Waals surface area (Å²) in [5, 5.41) is 0.309. The monoisotopic (exact) mass is 394 g/mol. The normalized spacial score (nSPS) is 11.3. The van der Waals surface area contributed by atoms with Gasteiger partial charge in [0.1, 0.15) is 6.54 Å². The van der Waals surface area contributed by atoms with Gasteiger partial charge in [0.05, 0.1) is 17.0 Å². The highest BCUT2D eigenvalue weighted by atomic mass is 35.5. The first kappa shape index (κ1) is 20.3. The second kappa shape index (κ2) is 8.10. The van der Waals surface area contributed by atoms with Gasteiger partial charge in [-0.05, 0) is 50.1 Å². The first-order chi connectivity index (χ1) is 12.1. The van der Waals surface area contributed by atoms with Crippen molar-refractivity contribution in [2.24, 2.45) is 0 Å². The fourth-order valence-electron chi connectivity index (χ4n) is 2.91. The Balaban J connectivity index is 2.43. The van der Waals surface area contributed by atoms with Crippen LogP contribution in [-0.4, -0.2) is 33.7 Å². The molecule has 0 aliphatic carbocycles. The number of benzene rings is 2. The van der Waals surface area contributed by atoms with Gasteiger partial charge in [-0.15, -0.1) is 0 Å². The highest BCUT2D eigenvalue weighted by Gasteiger charge is 2.27. The van der Waals surface area contributed by atoms with Crippen molar-refractivity contribution in [3.63, 3.8) is 0 Å². The van der Waals surface area contributed by atoms with Gasteiger partial charge in [-0.1, -0.05) is 35.9 Å². The number of sulfonamides is 1. The van der Waals surface area contributed by atoms with Crippen molar-refractivity contribution in [3.8, 4) is 0 Å². The molecular weight excluding hydrogens is 372 g/mol. The predicted molar refractivity (Wildman–Crippen MR) is 108 cm³/mol. The minimum atomic E-state index is -3.69. The Morgan fingerprint density at radius 2 is 1.73 bits per heavy atom. The van der Waals surface area contributed by atoms with E-state index in [1.165, 1.54) is 0 Å². The largest absolute Gasteiger partial charge is 0.311 e. The highest BCUT2D eigenvalue weighted by molar-refractivity contribution is 7.92.